The van der Waals surface area contributed by atoms with Crippen LogP contribution >= 0.6 is 0 Å². The number of aromatic nitrogens is 3. The molecule has 170 valence electrons. The highest BCUT2D eigenvalue weighted by atomic mass is 16.1. The fraction of sp³-hybridized carbons (Fsp3) is 0.538. The van der Waals surface area contributed by atoms with Crippen molar-refractivity contribution in [2.24, 2.45) is 5.92 Å². The lowest BCUT2D eigenvalue weighted by molar-refractivity contribution is -0.127. The number of piperidine rings is 1. The number of likely N-dealkylation sites (N-methyl/N-ethyl adjacent to an activating group) is 1. The molecule has 1 aromatic carbocycles. The van der Waals surface area contributed by atoms with Crippen LogP contribution in [-0.2, 0) is 17.8 Å². The first kappa shape index (κ1) is 21.3. The van der Waals surface area contributed by atoms with Gasteiger partial charge in [-0.1, -0.05) is 19.1 Å². The Balaban J connectivity index is 1.34. The van der Waals surface area contributed by atoms with E-state index < -0.39 is 0 Å². The molecule has 5 rings (SSSR count). The Kier molecular flexibility index (Phi) is 5.80. The number of amides is 1. The minimum absolute atomic E-state index is 0.0495. The van der Waals surface area contributed by atoms with Crippen LogP contribution in [0.2, 0.25) is 0 Å². The van der Waals surface area contributed by atoms with Crippen LogP contribution in [0, 0.1) is 5.92 Å². The van der Waals surface area contributed by atoms with Gasteiger partial charge < -0.3 is 14.5 Å². The topological polar surface area (TPSA) is 55.1 Å². The molecule has 3 heterocycles. The molecule has 1 fully saturated rings. The van der Waals surface area contributed by atoms with Crippen LogP contribution in [0.5, 0.6) is 0 Å². The van der Waals surface area contributed by atoms with Crippen LogP contribution in [0.15, 0.2) is 43.1 Å². The van der Waals surface area contributed by atoms with Gasteiger partial charge in [-0.25, -0.2) is 4.98 Å². The van der Waals surface area contributed by atoms with Crippen molar-refractivity contribution in [1.82, 2.24) is 24.3 Å². The standard InChI is InChI=1S/C26H35N5O/c1-4-30-15-20(26(32)28-9-6-11-29-12-10-27-17-29)13-22-21-7-5-8-23-25(21)19(14-24(22)30)16-31(23)18(2)3/h5,7-8,10,12,16-18,20,22,24H,4,6,9,11,13-15H2,1-3H3,(H,28,32)/t20?,22-,24-/m1/s1. The number of carbonyl (C=O) groups excluding carboxylic acids is 1. The molecule has 0 bridgehead atoms. The van der Waals surface area contributed by atoms with Gasteiger partial charge in [-0.15, -0.1) is 0 Å². The minimum atomic E-state index is 0.0495. The van der Waals surface area contributed by atoms with Crippen LogP contribution in [0.3, 0.4) is 0 Å². The zero-order valence-corrected chi connectivity index (χ0v) is 19.5. The average molecular weight is 434 g/mol. The molecular formula is C26H35N5O. The molecule has 2 aromatic heterocycles. The number of fused-ring (bicyclic) bond motifs is 2. The number of hydrogen-bond donors (Lipinski definition) is 1. The number of carbonyl (C=O) groups is 1. The van der Waals surface area contributed by atoms with Crippen LogP contribution in [0.25, 0.3) is 10.9 Å². The summed E-state index contributed by atoms with van der Waals surface area (Å²) in [6.07, 6.45) is 10.9. The molecule has 1 aliphatic carbocycles. The van der Waals surface area contributed by atoms with Crippen molar-refractivity contribution in [3.05, 3.63) is 54.2 Å². The number of hydrogen-bond acceptors (Lipinski definition) is 3. The zero-order valence-electron chi connectivity index (χ0n) is 19.5. The van der Waals surface area contributed by atoms with Crippen LogP contribution in [-0.4, -0.2) is 50.6 Å². The van der Waals surface area contributed by atoms with Crippen molar-refractivity contribution in [3.8, 4) is 0 Å². The molecule has 1 saturated heterocycles. The van der Waals surface area contributed by atoms with E-state index in [9.17, 15) is 4.79 Å². The van der Waals surface area contributed by atoms with E-state index >= 15 is 0 Å². The predicted octanol–water partition coefficient (Wildman–Crippen LogP) is 3.98. The maximum atomic E-state index is 13.1. The van der Waals surface area contributed by atoms with Crippen molar-refractivity contribution in [2.75, 3.05) is 19.6 Å². The van der Waals surface area contributed by atoms with Gasteiger partial charge in [0.2, 0.25) is 5.91 Å². The van der Waals surface area contributed by atoms with E-state index in [0.717, 1.165) is 38.9 Å². The highest BCUT2D eigenvalue weighted by Gasteiger charge is 2.42. The summed E-state index contributed by atoms with van der Waals surface area (Å²) in [5.74, 6) is 0.684. The highest BCUT2D eigenvalue weighted by molar-refractivity contribution is 5.89. The Hall–Kier alpha value is -2.60. The summed E-state index contributed by atoms with van der Waals surface area (Å²) in [7, 11) is 0. The van der Waals surface area contributed by atoms with E-state index in [4.69, 9.17) is 0 Å². The highest BCUT2D eigenvalue weighted by Crippen LogP contribution is 2.45. The van der Waals surface area contributed by atoms with E-state index in [2.05, 4.69) is 69.5 Å². The largest absolute Gasteiger partial charge is 0.356 e. The zero-order chi connectivity index (χ0) is 22.2. The van der Waals surface area contributed by atoms with Gasteiger partial charge in [-0.3, -0.25) is 9.69 Å². The van der Waals surface area contributed by atoms with Crippen molar-refractivity contribution in [1.29, 1.82) is 0 Å². The number of nitrogens with one attached hydrogen (secondary N) is 1. The monoisotopic (exact) mass is 433 g/mol. The van der Waals surface area contributed by atoms with Gasteiger partial charge in [0.1, 0.15) is 0 Å². The minimum Gasteiger partial charge on any atom is -0.356 e. The molecule has 6 heteroatoms. The summed E-state index contributed by atoms with van der Waals surface area (Å²) in [4.78, 5) is 19.7. The van der Waals surface area contributed by atoms with Gasteiger partial charge >= 0.3 is 0 Å². The molecule has 6 nitrogen and oxygen atoms in total. The number of rotatable bonds is 7. The normalized spacial score (nSPS) is 22.9. The summed E-state index contributed by atoms with van der Waals surface area (Å²) in [6.45, 7) is 10.2. The third-order valence-electron chi connectivity index (χ3n) is 7.51. The van der Waals surface area contributed by atoms with Gasteiger partial charge in [0.15, 0.2) is 0 Å². The van der Waals surface area contributed by atoms with Gasteiger partial charge in [-0.05, 0) is 56.8 Å². The van der Waals surface area contributed by atoms with E-state index in [1.807, 2.05) is 12.5 Å². The molecule has 0 saturated carbocycles. The predicted molar refractivity (Wildman–Crippen MR) is 128 cm³/mol. The summed E-state index contributed by atoms with van der Waals surface area (Å²) in [6, 6.07) is 7.72. The quantitative estimate of drug-likeness (QED) is 0.574. The molecule has 2 aliphatic rings. The molecule has 1 N–H and O–H groups in total. The third kappa shape index (κ3) is 3.75. The smallest absolute Gasteiger partial charge is 0.224 e. The lowest BCUT2D eigenvalue weighted by atomic mass is 9.72. The first-order valence-electron chi connectivity index (χ1n) is 12.2. The first-order valence-corrected chi connectivity index (χ1v) is 12.2. The van der Waals surface area contributed by atoms with Crippen molar-refractivity contribution in [3.63, 3.8) is 0 Å². The molecule has 0 radical (unpaired) electrons. The fourth-order valence-corrected chi connectivity index (χ4v) is 5.95. The van der Waals surface area contributed by atoms with Crippen molar-refractivity contribution in [2.45, 2.75) is 64.6 Å². The van der Waals surface area contributed by atoms with E-state index in [0.29, 0.717) is 24.5 Å². The fourth-order valence-electron chi connectivity index (χ4n) is 5.95. The molecule has 1 aliphatic heterocycles. The molecular weight excluding hydrogens is 398 g/mol. The Morgan fingerprint density at radius 1 is 1.31 bits per heavy atom. The summed E-state index contributed by atoms with van der Waals surface area (Å²) in [5.41, 5.74) is 4.27. The van der Waals surface area contributed by atoms with Crippen molar-refractivity contribution >= 4 is 16.8 Å². The lowest BCUT2D eigenvalue weighted by Crippen LogP contribution is -2.53. The SMILES string of the molecule is CCN1CC(C(=O)NCCCn2ccnc2)C[C@@H]2c3cccc4c3c(cn4C(C)C)C[C@H]21. The van der Waals surface area contributed by atoms with Crippen LogP contribution < -0.4 is 5.32 Å². The molecule has 3 aromatic rings. The van der Waals surface area contributed by atoms with Gasteiger partial charge in [0.05, 0.1) is 12.2 Å². The molecule has 1 unspecified atom stereocenters. The number of aryl methyl sites for hydroxylation is 1. The Bertz CT molecular complexity index is 1080. The summed E-state index contributed by atoms with van der Waals surface area (Å²) >= 11 is 0. The molecule has 1 amide bonds. The summed E-state index contributed by atoms with van der Waals surface area (Å²) in [5, 5.41) is 4.66. The molecule has 3 atom stereocenters. The Morgan fingerprint density at radius 3 is 2.94 bits per heavy atom. The number of imidazole rings is 1. The van der Waals surface area contributed by atoms with Crippen molar-refractivity contribution < 1.29 is 4.79 Å². The Morgan fingerprint density at radius 2 is 2.19 bits per heavy atom. The van der Waals surface area contributed by atoms with E-state index in [1.54, 1.807) is 6.20 Å². The van der Waals surface area contributed by atoms with Crippen LogP contribution in [0.4, 0.5) is 0 Å². The molecule has 0 spiro atoms. The van der Waals surface area contributed by atoms with Gasteiger partial charge in [0, 0.05) is 67.1 Å². The number of benzene rings is 1. The Labute approximate surface area is 190 Å². The first-order chi connectivity index (χ1) is 15.6. The van der Waals surface area contributed by atoms with Gasteiger partial charge in [-0.2, -0.15) is 0 Å². The van der Waals surface area contributed by atoms with Crippen LogP contribution in [0.1, 0.15) is 56.7 Å². The molecule has 32 heavy (non-hydrogen) atoms. The summed E-state index contributed by atoms with van der Waals surface area (Å²) < 4.78 is 4.48. The van der Waals surface area contributed by atoms with E-state index in [-0.39, 0.29) is 11.8 Å². The maximum absolute atomic E-state index is 13.1. The second-order valence-corrected chi connectivity index (χ2v) is 9.74. The van der Waals surface area contributed by atoms with Gasteiger partial charge in [0.25, 0.3) is 0 Å². The van der Waals surface area contributed by atoms with E-state index in [1.165, 1.54) is 22.0 Å². The second kappa shape index (κ2) is 8.74. The maximum Gasteiger partial charge on any atom is 0.224 e. The lowest BCUT2D eigenvalue weighted by Gasteiger charge is -2.46. The number of likely N-dealkylation sites (tertiary alicyclic amines) is 1. The second-order valence-electron chi connectivity index (χ2n) is 9.74. The number of nitrogens with zero attached hydrogens (tertiary/aromatic N) is 4. The average Bonchev–Trinajstić information content (AvgIpc) is 3.45. The third-order valence-corrected chi connectivity index (χ3v) is 7.51.